The van der Waals surface area contributed by atoms with E-state index in [9.17, 15) is 19.5 Å². The lowest BCUT2D eigenvalue weighted by Gasteiger charge is -2.55. The number of nitrogens with zero attached hydrogens (tertiary/aromatic N) is 1. The molecule has 0 N–H and O–H groups in total. The topological polar surface area (TPSA) is 77.5 Å². The Kier molecular flexibility index (Phi) is 4.16. The molecule has 2 amide bonds. The van der Waals surface area contributed by atoms with Crippen molar-refractivity contribution in [3.05, 3.63) is 70.8 Å². The van der Waals surface area contributed by atoms with Gasteiger partial charge in [0.1, 0.15) is 0 Å². The average molecular weight is 532 g/mol. The van der Waals surface area contributed by atoms with Crippen LogP contribution in [0.25, 0.3) is 0 Å². The number of benzene rings is 2. The van der Waals surface area contributed by atoms with Crippen molar-refractivity contribution < 1.29 is 19.5 Å². The van der Waals surface area contributed by atoms with Crippen LogP contribution in [0.2, 0.25) is 0 Å². The van der Waals surface area contributed by atoms with E-state index in [1.807, 2.05) is 48.5 Å². The van der Waals surface area contributed by atoms with Crippen LogP contribution in [0.4, 0.5) is 0 Å². The van der Waals surface area contributed by atoms with E-state index in [0.29, 0.717) is 0 Å². The number of amides is 2. The third-order valence-corrected chi connectivity index (χ3v) is 9.47. The summed E-state index contributed by atoms with van der Waals surface area (Å²) < 4.78 is -1.84. The summed E-state index contributed by atoms with van der Waals surface area (Å²) in [7, 11) is 0. The zero-order valence-electron chi connectivity index (χ0n) is 16.3. The first-order valence-corrected chi connectivity index (χ1v) is 11.4. The Morgan fingerprint density at radius 2 is 1.20 bits per heavy atom. The largest absolute Gasteiger partial charge is 0.548 e. The molecule has 0 saturated carbocycles. The zero-order chi connectivity index (χ0) is 21.6. The van der Waals surface area contributed by atoms with E-state index in [1.165, 1.54) is 0 Å². The minimum Gasteiger partial charge on any atom is -0.548 e. The molecule has 1 heterocycles. The van der Waals surface area contributed by atoms with E-state index in [0.717, 1.165) is 27.2 Å². The van der Waals surface area contributed by atoms with E-state index < -0.39 is 50.2 Å². The van der Waals surface area contributed by atoms with Gasteiger partial charge in [0.15, 0.2) is 0 Å². The van der Waals surface area contributed by atoms with Crippen LogP contribution in [-0.2, 0) is 23.0 Å². The molecule has 0 spiro atoms. The third kappa shape index (κ3) is 2.10. The number of likely N-dealkylation sites (tertiary alicyclic amines) is 1. The van der Waals surface area contributed by atoms with Gasteiger partial charge in [-0.2, -0.15) is 0 Å². The maximum Gasteiger partial charge on any atom is 0.235 e. The van der Waals surface area contributed by atoms with Crippen LogP contribution in [0.1, 0.15) is 36.1 Å². The molecule has 2 aromatic rings. The molecule has 2 aromatic carbocycles. The van der Waals surface area contributed by atoms with Gasteiger partial charge in [0.05, 0.1) is 32.5 Å². The maximum atomic E-state index is 13.7. The van der Waals surface area contributed by atoms with Crippen LogP contribution in [0, 0.1) is 17.8 Å². The molecular weight excluding hydrogens is 514 g/mol. The summed E-state index contributed by atoms with van der Waals surface area (Å²) in [5.74, 6) is -4.37. The quantitative estimate of drug-likeness (QED) is 0.450. The fourth-order valence-corrected chi connectivity index (χ4v) is 7.94. The lowest BCUT2D eigenvalue weighted by atomic mass is 9.54. The zero-order valence-corrected chi connectivity index (χ0v) is 19.4. The van der Waals surface area contributed by atoms with E-state index >= 15 is 0 Å². The lowest BCUT2D eigenvalue weighted by molar-refractivity contribution is -0.312. The average Bonchev–Trinajstić information content (AvgIpc) is 2.98. The summed E-state index contributed by atoms with van der Waals surface area (Å²) in [5, 5.41) is 11.9. The van der Waals surface area contributed by atoms with E-state index in [2.05, 4.69) is 31.9 Å². The van der Waals surface area contributed by atoms with Gasteiger partial charge in [0.25, 0.3) is 0 Å². The number of hydrogen-bond donors (Lipinski definition) is 0. The molecular formula is C23H18Br2NO4-. The number of carbonyl (C=O) groups is 3. The number of carbonyl (C=O) groups excluding carboxylic acids is 3. The Bertz CT molecular complexity index is 1010. The lowest BCUT2D eigenvalue weighted by Crippen LogP contribution is -2.56. The summed E-state index contributed by atoms with van der Waals surface area (Å²) in [6, 6.07) is 14.2. The number of halogens is 2. The summed E-state index contributed by atoms with van der Waals surface area (Å²) in [4.78, 5) is 40.3. The smallest absolute Gasteiger partial charge is 0.235 e. The van der Waals surface area contributed by atoms with Crippen molar-refractivity contribution in [2.45, 2.75) is 28.5 Å². The summed E-state index contributed by atoms with van der Waals surface area (Å²) in [6.07, 6.45) is 0. The molecule has 5 nitrogen and oxygen atoms in total. The molecule has 4 aliphatic rings. The monoisotopic (exact) mass is 530 g/mol. The van der Waals surface area contributed by atoms with Crippen molar-refractivity contribution in [2.75, 3.05) is 0 Å². The van der Waals surface area contributed by atoms with Crippen LogP contribution >= 0.6 is 31.9 Å². The molecule has 2 bridgehead atoms. The predicted molar refractivity (Wildman–Crippen MR) is 115 cm³/mol. The van der Waals surface area contributed by atoms with E-state index in [4.69, 9.17) is 0 Å². The highest BCUT2D eigenvalue weighted by molar-refractivity contribution is 9.10. The van der Waals surface area contributed by atoms with Gasteiger partial charge in [-0.25, -0.2) is 0 Å². The van der Waals surface area contributed by atoms with E-state index in [-0.39, 0.29) is 0 Å². The number of hydrogen-bond acceptors (Lipinski definition) is 4. The standard InChI is InChI=1S/C23H19Br2NO4/c1-11(2)18(21(29)30)26-19(27)16-17(20(26)28)23(25)13-8-4-3-7-12(13)22(16,24)14-9-5-6-10-15(14)23/h3-11,16-18H,1-2H3,(H,29,30)/p-1/t16-,17+,18-,22?,23?/m0/s1. The fraction of sp³-hybridized carbons (Fsp3) is 0.348. The van der Waals surface area contributed by atoms with Crippen LogP contribution in [0.5, 0.6) is 0 Å². The van der Waals surface area contributed by atoms with Gasteiger partial charge in [0, 0.05) is 0 Å². The number of carboxylic acids is 1. The second-order valence-corrected chi connectivity index (χ2v) is 11.0. The summed E-state index contributed by atoms with van der Waals surface area (Å²) in [5.41, 5.74) is 3.66. The predicted octanol–water partition coefficient (Wildman–Crippen LogP) is 2.67. The van der Waals surface area contributed by atoms with Gasteiger partial charge in [0.2, 0.25) is 11.8 Å². The van der Waals surface area contributed by atoms with Crippen molar-refractivity contribution in [2.24, 2.45) is 17.8 Å². The second kappa shape index (κ2) is 6.26. The van der Waals surface area contributed by atoms with Gasteiger partial charge < -0.3 is 9.90 Å². The number of carboxylic acid groups (broad SMARTS) is 1. The Labute approximate surface area is 190 Å². The molecule has 7 heteroatoms. The molecule has 1 fully saturated rings. The molecule has 1 aliphatic heterocycles. The highest BCUT2D eigenvalue weighted by Gasteiger charge is 2.73. The molecule has 1 saturated heterocycles. The van der Waals surface area contributed by atoms with Gasteiger partial charge in [-0.1, -0.05) is 94.2 Å². The van der Waals surface area contributed by atoms with Crippen LogP contribution in [-0.4, -0.2) is 28.7 Å². The SMILES string of the molecule is CC(C)[C@@H](C(=O)[O-])N1C(=O)[C@@H]2[C@H](C1=O)C1(Br)c3ccccc3C2(Br)c2ccccc21. The normalized spacial score (nSPS) is 32.1. The number of rotatable bonds is 3. The first-order valence-electron chi connectivity index (χ1n) is 9.82. The summed E-state index contributed by atoms with van der Waals surface area (Å²) >= 11 is 7.79. The highest BCUT2D eigenvalue weighted by atomic mass is 79.9. The van der Waals surface area contributed by atoms with Crippen molar-refractivity contribution in [1.29, 1.82) is 0 Å². The maximum absolute atomic E-state index is 13.7. The molecule has 3 atom stereocenters. The molecule has 0 unspecified atom stereocenters. The Hall–Kier alpha value is -1.99. The fourth-order valence-electron chi connectivity index (χ4n) is 5.64. The number of aliphatic carboxylic acids is 1. The molecule has 6 rings (SSSR count). The van der Waals surface area contributed by atoms with Crippen molar-refractivity contribution in [3.8, 4) is 0 Å². The molecule has 154 valence electrons. The second-order valence-electron chi connectivity index (χ2n) is 8.52. The molecule has 0 radical (unpaired) electrons. The summed E-state index contributed by atoms with van der Waals surface area (Å²) in [6.45, 7) is 3.35. The van der Waals surface area contributed by atoms with Crippen molar-refractivity contribution in [1.82, 2.24) is 4.90 Å². The Morgan fingerprint density at radius 1 is 0.867 bits per heavy atom. The molecule has 30 heavy (non-hydrogen) atoms. The number of alkyl halides is 2. The Balaban J connectivity index is 1.82. The van der Waals surface area contributed by atoms with Crippen molar-refractivity contribution in [3.63, 3.8) is 0 Å². The first-order chi connectivity index (χ1) is 14.2. The first kappa shape index (κ1) is 19.9. The van der Waals surface area contributed by atoms with Crippen LogP contribution in [0.15, 0.2) is 48.5 Å². The minimum atomic E-state index is -1.42. The highest BCUT2D eigenvalue weighted by Crippen LogP contribution is 2.70. The third-order valence-electron chi connectivity index (χ3n) is 6.77. The van der Waals surface area contributed by atoms with E-state index in [1.54, 1.807) is 13.8 Å². The van der Waals surface area contributed by atoms with Crippen LogP contribution in [0.3, 0.4) is 0 Å². The van der Waals surface area contributed by atoms with Crippen molar-refractivity contribution >= 4 is 49.6 Å². The van der Waals surface area contributed by atoms with Gasteiger partial charge in [-0.3, -0.25) is 14.5 Å². The Morgan fingerprint density at radius 3 is 1.47 bits per heavy atom. The number of imide groups is 1. The van der Waals surface area contributed by atoms with Crippen LogP contribution < -0.4 is 5.11 Å². The molecule has 0 aromatic heterocycles. The minimum absolute atomic E-state index is 0.469. The van der Waals surface area contributed by atoms with Gasteiger partial charge >= 0.3 is 0 Å². The molecule has 3 aliphatic carbocycles. The van der Waals surface area contributed by atoms with Gasteiger partial charge in [-0.05, 0) is 28.2 Å². The van der Waals surface area contributed by atoms with Gasteiger partial charge in [-0.15, -0.1) is 0 Å².